The minimum Gasteiger partial charge on any atom is -0.496 e. The number of carbonyl (C=O) groups is 1. The first-order chi connectivity index (χ1) is 12.7. The van der Waals surface area contributed by atoms with Crippen molar-refractivity contribution >= 4 is 11.9 Å². The van der Waals surface area contributed by atoms with Gasteiger partial charge in [-0.15, -0.1) is 5.10 Å². The minimum atomic E-state index is -0.172. The Bertz CT molecular complexity index is 951. The summed E-state index contributed by atoms with van der Waals surface area (Å²) in [5.41, 5.74) is 2.86. The van der Waals surface area contributed by atoms with E-state index < -0.39 is 0 Å². The number of benzene rings is 2. The molecule has 0 unspecified atom stereocenters. The van der Waals surface area contributed by atoms with Crippen LogP contribution in [0.3, 0.4) is 0 Å². The van der Waals surface area contributed by atoms with Crippen LogP contribution in [0.25, 0.3) is 11.4 Å². The second-order valence-electron chi connectivity index (χ2n) is 5.97. The van der Waals surface area contributed by atoms with Gasteiger partial charge in [0.25, 0.3) is 0 Å². The molecule has 1 amide bonds. The highest BCUT2D eigenvalue weighted by molar-refractivity contribution is 5.90. The van der Waals surface area contributed by atoms with E-state index in [1.165, 1.54) is 0 Å². The Morgan fingerprint density at radius 2 is 2.19 bits per heavy atom. The molecule has 4 rings (SSSR count). The standard InChI is InChI=1S/C19H18N4O3/c1-25-16-5-3-2-4-14(16)18-21-19(23-22-18)20-17(24)11-12-6-7-15-13(10-12)8-9-26-15/h2-7,10H,8-9,11H2,1H3,(H2,20,21,22,23,24). The van der Waals surface area contributed by atoms with E-state index in [4.69, 9.17) is 9.47 Å². The molecule has 7 nitrogen and oxygen atoms in total. The summed E-state index contributed by atoms with van der Waals surface area (Å²) in [5.74, 6) is 2.19. The van der Waals surface area contributed by atoms with Crippen molar-refractivity contribution in [2.45, 2.75) is 12.8 Å². The number of anilines is 1. The molecule has 2 N–H and O–H groups in total. The van der Waals surface area contributed by atoms with Gasteiger partial charge in [0.15, 0.2) is 5.82 Å². The zero-order chi connectivity index (χ0) is 17.9. The molecule has 2 heterocycles. The van der Waals surface area contributed by atoms with Gasteiger partial charge in [0, 0.05) is 6.42 Å². The Morgan fingerprint density at radius 1 is 1.31 bits per heavy atom. The first kappa shape index (κ1) is 16.1. The maximum Gasteiger partial charge on any atom is 0.249 e. The van der Waals surface area contributed by atoms with Crippen molar-refractivity contribution in [2.24, 2.45) is 0 Å². The average molecular weight is 350 g/mol. The van der Waals surface area contributed by atoms with Crippen LogP contribution in [0.5, 0.6) is 11.5 Å². The van der Waals surface area contributed by atoms with Crippen molar-refractivity contribution in [1.29, 1.82) is 0 Å². The molecule has 2 aromatic carbocycles. The molecule has 1 aliphatic heterocycles. The van der Waals surface area contributed by atoms with Gasteiger partial charge in [0.2, 0.25) is 11.9 Å². The molecule has 0 saturated heterocycles. The number of hydrogen-bond donors (Lipinski definition) is 2. The van der Waals surface area contributed by atoms with Gasteiger partial charge in [0.1, 0.15) is 11.5 Å². The predicted octanol–water partition coefficient (Wildman–Crippen LogP) is 2.60. The number of amides is 1. The van der Waals surface area contributed by atoms with E-state index in [0.717, 1.165) is 28.9 Å². The lowest BCUT2D eigenvalue weighted by Crippen LogP contribution is -2.15. The van der Waals surface area contributed by atoms with Crippen LogP contribution in [0.1, 0.15) is 11.1 Å². The van der Waals surface area contributed by atoms with Gasteiger partial charge < -0.3 is 9.47 Å². The molecule has 0 atom stereocenters. The third-order valence-corrected chi connectivity index (χ3v) is 4.22. The summed E-state index contributed by atoms with van der Waals surface area (Å²) in [7, 11) is 1.60. The molecule has 0 saturated carbocycles. The monoisotopic (exact) mass is 350 g/mol. The zero-order valence-corrected chi connectivity index (χ0v) is 14.3. The molecule has 0 radical (unpaired) electrons. The van der Waals surface area contributed by atoms with Crippen molar-refractivity contribution in [2.75, 3.05) is 19.0 Å². The third-order valence-electron chi connectivity index (χ3n) is 4.22. The zero-order valence-electron chi connectivity index (χ0n) is 14.3. The number of nitrogens with one attached hydrogen (secondary N) is 2. The topological polar surface area (TPSA) is 89.1 Å². The fourth-order valence-electron chi connectivity index (χ4n) is 2.98. The van der Waals surface area contributed by atoms with E-state index in [0.29, 0.717) is 18.2 Å². The van der Waals surface area contributed by atoms with E-state index in [9.17, 15) is 4.79 Å². The predicted molar refractivity (Wildman–Crippen MR) is 96.3 cm³/mol. The third kappa shape index (κ3) is 3.23. The highest BCUT2D eigenvalue weighted by Gasteiger charge is 2.15. The highest BCUT2D eigenvalue weighted by atomic mass is 16.5. The molecule has 1 aromatic heterocycles. The number of para-hydroxylation sites is 1. The van der Waals surface area contributed by atoms with Gasteiger partial charge >= 0.3 is 0 Å². The van der Waals surface area contributed by atoms with E-state index in [1.807, 2.05) is 42.5 Å². The van der Waals surface area contributed by atoms with E-state index in [1.54, 1.807) is 7.11 Å². The molecule has 0 spiro atoms. The number of aromatic nitrogens is 3. The van der Waals surface area contributed by atoms with Crippen LogP contribution < -0.4 is 14.8 Å². The molecule has 26 heavy (non-hydrogen) atoms. The first-order valence-electron chi connectivity index (χ1n) is 8.33. The van der Waals surface area contributed by atoms with Crippen LogP contribution >= 0.6 is 0 Å². The Kier molecular flexibility index (Phi) is 4.27. The second kappa shape index (κ2) is 6.87. The Hall–Kier alpha value is -3.35. The molecule has 0 fully saturated rings. The lowest BCUT2D eigenvalue weighted by molar-refractivity contribution is -0.115. The number of carbonyl (C=O) groups excluding carboxylic acids is 1. The number of hydrogen-bond acceptors (Lipinski definition) is 5. The van der Waals surface area contributed by atoms with Crippen LogP contribution in [0, 0.1) is 0 Å². The number of nitrogens with zero attached hydrogens (tertiary/aromatic N) is 2. The Labute approximate surface area is 150 Å². The number of aromatic amines is 1. The maximum atomic E-state index is 12.3. The molecule has 3 aromatic rings. The van der Waals surface area contributed by atoms with Crippen molar-refractivity contribution < 1.29 is 14.3 Å². The van der Waals surface area contributed by atoms with Gasteiger partial charge in [-0.25, -0.2) is 0 Å². The van der Waals surface area contributed by atoms with Crippen molar-refractivity contribution in [1.82, 2.24) is 15.2 Å². The summed E-state index contributed by atoms with van der Waals surface area (Å²) >= 11 is 0. The lowest BCUT2D eigenvalue weighted by Gasteiger charge is -2.05. The van der Waals surface area contributed by atoms with Crippen LogP contribution in [0.15, 0.2) is 42.5 Å². The number of fused-ring (bicyclic) bond motifs is 1. The van der Waals surface area contributed by atoms with Crippen molar-refractivity contribution in [3.8, 4) is 22.9 Å². The number of methoxy groups -OCH3 is 1. The van der Waals surface area contributed by atoms with E-state index in [2.05, 4.69) is 20.5 Å². The van der Waals surface area contributed by atoms with Crippen LogP contribution in [-0.2, 0) is 17.6 Å². The van der Waals surface area contributed by atoms with Crippen molar-refractivity contribution in [3.05, 3.63) is 53.6 Å². The fraction of sp³-hybridized carbons (Fsp3) is 0.211. The van der Waals surface area contributed by atoms with Gasteiger partial charge in [-0.05, 0) is 29.3 Å². The number of ether oxygens (including phenoxy) is 2. The van der Waals surface area contributed by atoms with Crippen LogP contribution in [-0.4, -0.2) is 34.8 Å². The number of H-pyrrole nitrogens is 1. The second-order valence-corrected chi connectivity index (χ2v) is 5.97. The largest absolute Gasteiger partial charge is 0.496 e. The summed E-state index contributed by atoms with van der Waals surface area (Å²) in [6, 6.07) is 13.3. The maximum absolute atomic E-state index is 12.3. The van der Waals surface area contributed by atoms with Gasteiger partial charge in [0.05, 0.1) is 25.7 Å². The molecule has 132 valence electrons. The minimum absolute atomic E-state index is 0.172. The van der Waals surface area contributed by atoms with Gasteiger partial charge in [-0.1, -0.05) is 24.3 Å². The van der Waals surface area contributed by atoms with Crippen LogP contribution in [0.2, 0.25) is 0 Å². The van der Waals surface area contributed by atoms with Gasteiger partial charge in [-0.2, -0.15) is 4.98 Å². The lowest BCUT2D eigenvalue weighted by atomic mass is 10.1. The molecule has 7 heteroatoms. The fourth-order valence-corrected chi connectivity index (χ4v) is 2.98. The van der Waals surface area contributed by atoms with E-state index in [-0.39, 0.29) is 18.3 Å². The first-order valence-corrected chi connectivity index (χ1v) is 8.33. The molecular weight excluding hydrogens is 332 g/mol. The molecule has 0 bridgehead atoms. The SMILES string of the molecule is COc1ccccc1-c1nc(NC(=O)Cc2ccc3c(c2)CCO3)n[nH]1. The Balaban J connectivity index is 1.45. The summed E-state index contributed by atoms with van der Waals surface area (Å²) in [4.78, 5) is 16.6. The molecule has 1 aliphatic rings. The quantitative estimate of drug-likeness (QED) is 0.738. The normalized spacial score (nSPS) is 12.3. The summed E-state index contributed by atoms with van der Waals surface area (Å²) in [6.45, 7) is 0.702. The summed E-state index contributed by atoms with van der Waals surface area (Å²) in [5, 5.41) is 9.61. The van der Waals surface area contributed by atoms with E-state index >= 15 is 0 Å². The highest BCUT2D eigenvalue weighted by Crippen LogP contribution is 2.27. The smallest absolute Gasteiger partial charge is 0.249 e. The molecule has 0 aliphatic carbocycles. The Morgan fingerprint density at radius 3 is 3.08 bits per heavy atom. The summed E-state index contributed by atoms with van der Waals surface area (Å²) < 4.78 is 10.8. The number of rotatable bonds is 5. The van der Waals surface area contributed by atoms with Gasteiger partial charge in [-0.3, -0.25) is 15.2 Å². The summed E-state index contributed by atoms with van der Waals surface area (Å²) in [6.07, 6.45) is 1.14. The molecular formula is C19H18N4O3. The average Bonchev–Trinajstić information content (AvgIpc) is 3.30. The van der Waals surface area contributed by atoms with Crippen molar-refractivity contribution in [3.63, 3.8) is 0 Å². The van der Waals surface area contributed by atoms with Crippen LogP contribution in [0.4, 0.5) is 5.95 Å².